The Morgan fingerprint density at radius 3 is 2.59 bits per heavy atom. The van der Waals surface area contributed by atoms with E-state index in [4.69, 9.17) is 0 Å². The van der Waals surface area contributed by atoms with Crippen molar-refractivity contribution in [3.8, 4) is 16.9 Å². The third-order valence-electron chi connectivity index (χ3n) is 8.01. The van der Waals surface area contributed by atoms with Gasteiger partial charge in [-0.15, -0.1) is 5.10 Å². The molecule has 0 aliphatic rings. The number of nitrogens with one attached hydrogen (secondary N) is 3. The third-order valence-corrected chi connectivity index (χ3v) is 8.01. The van der Waals surface area contributed by atoms with Crippen LogP contribution >= 0.6 is 0 Å². The third kappa shape index (κ3) is 6.90. The molecule has 2 aromatic heterocycles. The van der Waals surface area contributed by atoms with Crippen LogP contribution in [-0.2, 0) is 19.5 Å². The van der Waals surface area contributed by atoms with Gasteiger partial charge in [0.1, 0.15) is 11.3 Å². The number of unbranched alkanes of at least 4 members (excludes halogenated alkanes) is 1. The molecule has 46 heavy (non-hydrogen) atoms. The largest absolute Gasteiger partial charge is 0.506 e. The number of hydrogen-bond acceptors (Lipinski definition) is 7. The van der Waals surface area contributed by atoms with Crippen LogP contribution in [0.3, 0.4) is 0 Å². The van der Waals surface area contributed by atoms with Crippen molar-refractivity contribution in [3.63, 3.8) is 0 Å². The molecule has 0 bridgehead atoms. The second-order valence-electron chi connectivity index (χ2n) is 11.2. The molecule has 6 N–H and O–H groups in total. The molecule has 0 spiro atoms. The first-order valence-corrected chi connectivity index (χ1v) is 15.1. The molecule has 0 aliphatic carbocycles. The van der Waals surface area contributed by atoms with Crippen molar-refractivity contribution in [1.29, 1.82) is 0 Å². The molecular formula is C35H34N6O5. The van der Waals surface area contributed by atoms with Gasteiger partial charge < -0.3 is 25.6 Å². The number of benzene rings is 4. The number of aryl methyl sites for hydroxylation is 2. The molecule has 4 aromatic carbocycles. The maximum atomic E-state index is 11.7. The number of amides is 1. The van der Waals surface area contributed by atoms with Crippen molar-refractivity contribution in [2.45, 2.75) is 38.5 Å². The average Bonchev–Trinajstić information content (AvgIpc) is 3.46. The number of aromatic hydroxyl groups is 1. The number of aromatic nitrogens is 4. The number of aliphatic hydroxyl groups excluding tert-OH is 1. The quantitative estimate of drug-likeness (QED) is 0.0967. The summed E-state index contributed by atoms with van der Waals surface area (Å²) in [5.74, 6) is -0.0455. The summed E-state index contributed by atoms with van der Waals surface area (Å²) in [7, 11) is 0. The van der Waals surface area contributed by atoms with Gasteiger partial charge in [0.2, 0.25) is 5.56 Å². The molecule has 2 heterocycles. The highest BCUT2D eigenvalue weighted by Crippen LogP contribution is 2.30. The Hall–Kier alpha value is -5.52. The molecule has 0 saturated heterocycles. The molecule has 6 aromatic rings. The lowest BCUT2D eigenvalue weighted by molar-refractivity contribution is 0.176. The highest BCUT2D eigenvalue weighted by Gasteiger charge is 2.14. The Labute approximate surface area is 264 Å². The minimum Gasteiger partial charge on any atom is -0.506 e. The van der Waals surface area contributed by atoms with E-state index >= 15 is 0 Å². The molecular weight excluding hydrogens is 584 g/mol. The zero-order valence-electron chi connectivity index (χ0n) is 25.0. The van der Waals surface area contributed by atoms with Crippen molar-refractivity contribution in [1.82, 2.24) is 25.3 Å². The predicted octanol–water partition coefficient (Wildman–Crippen LogP) is 5.58. The number of H-pyrrole nitrogens is 1. The average molecular weight is 619 g/mol. The first-order chi connectivity index (χ1) is 22.4. The Kier molecular flexibility index (Phi) is 9.04. The van der Waals surface area contributed by atoms with Crippen LogP contribution in [0.1, 0.15) is 35.6 Å². The second-order valence-corrected chi connectivity index (χ2v) is 11.2. The van der Waals surface area contributed by atoms with Crippen LogP contribution in [0.25, 0.3) is 33.1 Å². The lowest BCUT2D eigenvalue weighted by Gasteiger charge is -2.15. The molecule has 0 fully saturated rings. The van der Waals surface area contributed by atoms with E-state index in [0.29, 0.717) is 35.2 Å². The zero-order chi connectivity index (χ0) is 32.0. The summed E-state index contributed by atoms with van der Waals surface area (Å²) in [5, 5.41) is 45.4. The number of phenols is 1. The number of anilines is 1. The molecule has 234 valence electrons. The molecule has 1 amide bonds. The SMILES string of the molecule is O=C(O)Nc1cc(CCCCn2nnc3cc(CNC[C@@H](O)c4ccc(O)c5[nH]c(=O)ccc45)ccc32)ccc1-c1ccccc1. The van der Waals surface area contributed by atoms with Crippen molar-refractivity contribution in [3.05, 3.63) is 118 Å². The predicted molar refractivity (Wildman–Crippen MR) is 177 cm³/mol. The van der Waals surface area contributed by atoms with Gasteiger partial charge in [0, 0.05) is 36.7 Å². The molecule has 0 saturated carbocycles. The highest BCUT2D eigenvalue weighted by molar-refractivity contribution is 5.91. The van der Waals surface area contributed by atoms with Gasteiger partial charge in [-0.25, -0.2) is 9.48 Å². The smallest absolute Gasteiger partial charge is 0.409 e. The monoisotopic (exact) mass is 618 g/mol. The van der Waals surface area contributed by atoms with Crippen LogP contribution in [0.5, 0.6) is 5.75 Å². The van der Waals surface area contributed by atoms with Crippen LogP contribution in [0, 0.1) is 0 Å². The fraction of sp³-hybridized carbons (Fsp3) is 0.200. The van der Waals surface area contributed by atoms with Gasteiger partial charge in [0.25, 0.3) is 0 Å². The minimum atomic E-state index is -1.09. The standard InChI is InChI=1S/C35H34N6O5/c42-31-15-12-26(27-13-16-33(44)38-34(27)31)32(43)21-36-20-23-10-14-30-29(19-23)39-40-41(30)17-5-4-6-22-9-11-25(24-7-2-1-3-8-24)28(18-22)37-35(45)46/h1-3,7-16,18-19,32,36-37,42-43H,4-6,17,20-21H2,(H,38,44)(H,45,46)/t32-/m1/s1. The summed E-state index contributed by atoms with van der Waals surface area (Å²) < 4.78 is 1.90. The van der Waals surface area contributed by atoms with Crippen molar-refractivity contribution >= 4 is 33.7 Å². The van der Waals surface area contributed by atoms with Crippen LogP contribution in [-0.4, -0.2) is 47.9 Å². The van der Waals surface area contributed by atoms with Gasteiger partial charge in [-0.05, 0) is 71.8 Å². The summed E-state index contributed by atoms with van der Waals surface area (Å²) >= 11 is 0. The number of carbonyl (C=O) groups is 1. The van der Waals surface area contributed by atoms with Crippen LogP contribution in [0.4, 0.5) is 10.5 Å². The number of phenolic OH excluding ortho intramolecular Hbond substituents is 1. The Morgan fingerprint density at radius 2 is 1.76 bits per heavy atom. The van der Waals surface area contributed by atoms with Gasteiger partial charge in [0.05, 0.1) is 22.8 Å². The minimum absolute atomic E-state index is 0.0455. The van der Waals surface area contributed by atoms with E-state index in [2.05, 4.69) is 25.9 Å². The topological polar surface area (TPSA) is 165 Å². The van der Waals surface area contributed by atoms with E-state index in [-0.39, 0.29) is 17.9 Å². The van der Waals surface area contributed by atoms with Crippen LogP contribution in [0.15, 0.2) is 95.8 Å². The van der Waals surface area contributed by atoms with Gasteiger partial charge in [-0.1, -0.05) is 59.8 Å². The molecule has 11 heteroatoms. The summed E-state index contributed by atoms with van der Waals surface area (Å²) in [6.45, 7) is 1.48. The molecule has 1 atom stereocenters. The number of carboxylic acid groups (broad SMARTS) is 1. The highest BCUT2D eigenvalue weighted by atomic mass is 16.4. The maximum absolute atomic E-state index is 11.7. The van der Waals surface area contributed by atoms with E-state index in [0.717, 1.165) is 52.5 Å². The number of fused-ring (bicyclic) bond motifs is 2. The lowest BCUT2D eigenvalue weighted by Crippen LogP contribution is -2.21. The first kappa shape index (κ1) is 30.5. The Bertz CT molecular complexity index is 2060. The lowest BCUT2D eigenvalue weighted by atomic mass is 9.99. The summed E-state index contributed by atoms with van der Waals surface area (Å²) in [6, 6.07) is 27.7. The van der Waals surface area contributed by atoms with E-state index in [9.17, 15) is 24.9 Å². The number of rotatable bonds is 12. The first-order valence-electron chi connectivity index (χ1n) is 15.1. The molecule has 0 radical (unpaired) electrons. The van der Waals surface area contributed by atoms with Gasteiger partial charge >= 0.3 is 6.09 Å². The number of aromatic amines is 1. The van der Waals surface area contributed by atoms with Crippen molar-refractivity contribution < 1.29 is 20.1 Å². The molecule has 11 nitrogen and oxygen atoms in total. The van der Waals surface area contributed by atoms with Crippen LogP contribution < -0.4 is 16.2 Å². The Balaban J connectivity index is 1.02. The number of hydrogen-bond donors (Lipinski definition) is 6. The normalized spacial score (nSPS) is 12.0. The van der Waals surface area contributed by atoms with Crippen LogP contribution in [0.2, 0.25) is 0 Å². The molecule has 0 unspecified atom stereocenters. The fourth-order valence-electron chi connectivity index (χ4n) is 5.73. The van der Waals surface area contributed by atoms with Crippen molar-refractivity contribution in [2.75, 3.05) is 11.9 Å². The second kappa shape index (κ2) is 13.6. The van der Waals surface area contributed by atoms with E-state index in [1.54, 1.807) is 12.1 Å². The summed E-state index contributed by atoms with van der Waals surface area (Å²) in [5.41, 5.74) is 6.74. The van der Waals surface area contributed by atoms with Crippen molar-refractivity contribution in [2.24, 2.45) is 0 Å². The zero-order valence-corrected chi connectivity index (χ0v) is 25.0. The fourth-order valence-corrected chi connectivity index (χ4v) is 5.73. The summed E-state index contributed by atoms with van der Waals surface area (Å²) in [6.07, 6.45) is 0.638. The Morgan fingerprint density at radius 1 is 0.935 bits per heavy atom. The summed E-state index contributed by atoms with van der Waals surface area (Å²) in [4.78, 5) is 25.7. The van der Waals surface area contributed by atoms with Gasteiger partial charge in [-0.3, -0.25) is 10.1 Å². The number of nitrogens with zero attached hydrogens (tertiary/aromatic N) is 3. The van der Waals surface area contributed by atoms with E-state index in [1.807, 2.05) is 71.4 Å². The van der Waals surface area contributed by atoms with Gasteiger partial charge in [0.15, 0.2) is 0 Å². The van der Waals surface area contributed by atoms with E-state index < -0.39 is 12.2 Å². The number of aliphatic hydroxyl groups is 1. The van der Waals surface area contributed by atoms with E-state index in [1.165, 1.54) is 12.1 Å². The molecule has 0 aliphatic heterocycles. The number of pyridine rings is 1. The molecule has 6 rings (SSSR count). The van der Waals surface area contributed by atoms with Gasteiger partial charge in [-0.2, -0.15) is 0 Å². The maximum Gasteiger partial charge on any atom is 0.409 e.